The first-order chi connectivity index (χ1) is 14.5. The first kappa shape index (κ1) is 20.7. The summed E-state index contributed by atoms with van der Waals surface area (Å²) in [5, 5.41) is 0.644. The van der Waals surface area contributed by atoms with Crippen LogP contribution in [0, 0.1) is 0 Å². The van der Waals surface area contributed by atoms with Crippen LogP contribution in [0.4, 0.5) is 5.69 Å². The molecule has 0 bridgehead atoms. The molecule has 0 aromatic heterocycles. The standard InChI is InChI=1S/C22H20ClNO5S/c23-17-9-11-19(12-10-17)27-14-20-15-28-22(29-20)16-5-4-6-18(13-16)24-30(25,26)21-7-2-1-3-8-21/h1-13,20,22,24H,14-15H2/t20-,22+/m1/s1. The molecule has 1 N–H and O–H groups in total. The van der Waals surface area contributed by atoms with Crippen molar-refractivity contribution >= 4 is 27.3 Å². The second-order valence-corrected chi connectivity index (χ2v) is 8.85. The van der Waals surface area contributed by atoms with Crippen molar-refractivity contribution in [3.63, 3.8) is 0 Å². The van der Waals surface area contributed by atoms with Gasteiger partial charge in [-0.3, -0.25) is 4.72 Å². The van der Waals surface area contributed by atoms with Gasteiger partial charge < -0.3 is 14.2 Å². The Kier molecular flexibility index (Phi) is 6.24. The Morgan fingerprint density at radius 3 is 2.53 bits per heavy atom. The van der Waals surface area contributed by atoms with Gasteiger partial charge in [-0.15, -0.1) is 0 Å². The molecule has 4 rings (SSSR count). The van der Waals surface area contributed by atoms with Gasteiger partial charge >= 0.3 is 0 Å². The van der Waals surface area contributed by atoms with E-state index in [1.807, 2.05) is 6.07 Å². The Bertz CT molecular complexity index is 1090. The lowest BCUT2D eigenvalue weighted by molar-refractivity contribution is -0.0658. The fraction of sp³-hybridized carbons (Fsp3) is 0.182. The number of rotatable bonds is 7. The van der Waals surface area contributed by atoms with Crippen molar-refractivity contribution in [2.45, 2.75) is 17.3 Å². The van der Waals surface area contributed by atoms with Gasteiger partial charge in [-0.2, -0.15) is 0 Å². The first-order valence-corrected chi connectivity index (χ1v) is 11.2. The number of sulfonamides is 1. The van der Waals surface area contributed by atoms with Crippen LogP contribution in [0.15, 0.2) is 83.8 Å². The van der Waals surface area contributed by atoms with Gasteiger partial charge in [-0.25, -0.2) is 8.42 Å². The highest BCUT2D eigenvalue weighted by Gasteiger charge is 2.28. The molecule has 0 aliphatic carbocycles. The highest BCUT2D eigenvalue weighted by Crippen LogP contribution is 2.29. The van der Waals surface area contributed by atoms with E-state index in [0.717, 1.165) is 5.56 Å². The fourth-order valence-electron chi connectivity index (χ4n) is 2.99. The van der Waals surface area contributed by atoms with E-state index in [9.17, 15) is 8.42 Å². The second-order valence-electron chi connectivity index (χ2n) is 6.73. The van der Waals surface area contributed by atoms with Crippen LogP contribution in [-0.2, 0) is 19.5 Å². The largest absolute Gasteiger partial charge is 0.491 e. The van der Waals surface area contributed by atoms with E-state index in [-0.39, 0.29) is 11.0 Å². The summed E-state index contributed by atoms with van der Waals surface area (Å²) in [6, 6.07) is 22.3. The Labute approximate surface area is 180 Å². The van der Waals surface area contributed by atoms with Crippen molar-refractivity contribution in [1.29, 1.82) is 0 Å². The average molecular weight is 446 g/mol. The fourth-order valence-corrected chi connectivity index (χ4v) is 4.19. The van der Waals surface area contributed by atoms with Crippen LogP contribution in [0.25, 0.3) is 0 Å². The molecule has 0 spiro atoms. The van der Waals surface area contributed by atoms with Crippen LogP contribution in [0.2, 0.25) is 5.02 Å². The molecule has 0 radical (unpaired) electrons. The summed E-state index contributed by atoms with van der Waals surface area (Å²) in [5.74, 6) is 0.698. The van der Waals surface area contributed by atoms with Crippen LogP contribution in [0.5, 0.6) is 5.75 Å². The normalized spacial score (nSPS) is 18.8. The van der Waals surface area contributed by atoms with Crippen molar-refractivity contribution in [1.82, 2.24) is 0 Å². The Morgan fingerprint density at radius 2 is 1.77 bits per heavy atom. The monoisotopic (exact) mass is 445 g/mol. The molecular formula is C22H20ClNO5S. The van der Waals surface area contributed by atoms with E-state index in [1.165, 1.54) is 0 Å². The predicted molar refractivity (Wildman–Crippen MR) is 114 cm³/mol. The van der Waals surface area contributed by atoms with Crippen molar-refractivity contribution in [2.24, 2.45) is 0 Å². The maximum Gasteiger partial charge on any atom is 0.261 e. The highest BCUT2D eigenvalue weighted by atomic mass is 35.5. The molecule has 6 nitrogen and oxygen atoms in total. The summed E-state index contributed by atoms with van der Waals surface area (Å²) < 4.78 is 45.0. The zero-order chi connectivity index (χ0) is 21.0. The molecule has 30 heavy (non-hydrogen) atoms. The van der Waals surface area contributed by atoms with Gasteiger partial charge in [0, 0.05) is 16.3 Å². The number of nitrogens with one attached hydrogen (secondary N) is 1. The van der Waals surface area contributed by atoms with Crippen LogP contribution in [-0.4, -0.2) is 27.7 Å². The number of anilines is 1. The van der Waals surface area contributed by atoms with Gasteiger partial charge in [0.1, 0.15) is 18.5 Å². The van der Waals surface area contributed by atoms with Crippen LogP contribution < -0.4 is 9.46 Å². The minimum absolute atomic E-state index is 0.197. The van der Waals surface area contributed by atoms with E-state index in [0.29, 0.717) is 29.7 Å². The molecule has 0 saturated carbocycles. The summed E-state index contributed by atoms with van der Waals surface area (Å²) >= 11 is 5.87. The van der Waals surface area contributed by atoms with Crippen LogP contribution in [0.1, 0.15) is 11.9 Å². The molecule has 3 aromatic rings. The summed E-state index contributed by atoms with van der Waals surface area (Å²) in [4.78, 5) is 0.197. The maximum absolute atomic E-state index is 12.5. The molecule has 8 heteroatoms. The minimum Gasteiger partial charge on any atom is -0.491 e. The summed E-state index contributed by atoms with van der Waals surface area (Å²) in [6.07, 6.45) is -0.833. The molecule has 2 atom stereocenters. The van der Waals surface area contributed by atoms with Crippen LogP contribution >= 0.6 is 11.6 Å². The molecule has 1 saturated heterocycles. The van der Waals surface area contributed by atoms with E-state index in [4.69, 9.17) is 25.8 Å². The number of hydrogen-bond acceptors (Lipinski definition) is 5. The molecule has 0 amide bonds. The number of ether oxygens (including phenoxy) is 3. The average Bonchev–Trinajstić information content (AvgIpc) is 3.23. The van der Waals surface area contributed by atoms with Crippen molar-refractivity contribution < 1.29 is 22.6 Å². The highest BCUT2D eigenvalue weighted by molar-refractivity contribution is 7.92. The van der Waals surface area contributed by atoms with Gasteiger partial charge in [0.25, 0.3) is 10.0 Å². The maximum atomic E-state index is 12.5. The summed E-state index contributed by atoms with van der Waals surface area (Å²) in [7, 11) is -3.67. The van der Waals surface area contributed by atoms with Crippen molar-refractivity contribution in [3.8, 4) is 5.75 Å². The predicted octanol–water partition coefficient (Wildman–Crippen LogP) is 4.63. The van der Waals surface area contributed by atoms with Crippen molar-refractivity contribution in [2.75, 3.05) is 17.9 Å². The smallest absolute Gasteiger partial charge is 0.261 e. The van der Waals surface area contributed by atoms with Gasteiger partial charge in [-0.1, -0.05) is 41.9 Å². The topological polar surface area (TPSA) is 73.9 Å². The third kappa shape index (κ3) is 5.12. The molecule has 1 aliphatic rings. The van der Waals surface area contributed by atoms with Gasteiger partial charge in [0.15, 0.2) is 6.29 Å². The van der Waals surface area contributed by atoms with E-state index in [2.05, 4.69) is 4.72 Å². The second kappa shape index (κ2) is 9.06. The van der Waals surface area contributed by atoms with Gasteiger partial charge in [0.2, 0.25) is 0 Å². The van der Waals surface area contributed by atoms with Gasteiger partial charge in [0.05, 0.1) is 11.5 Å². The van der Waals surface area contributed by atoms with Gasteiger partial charge in [-0.05, 0) is 48.5 Å². The minimum atomic E-state index is -3.67. The molecule has 1 aliphatic heterocycles. The Morgan fingerprint density at radius 1 is 1.00 bits per heavy atom. The third-order valence-electron chi connectivity index (χ3n) is 4.46. The number of hydrogen-bond donors (Lipinski definition) is 1. The molecule has 156 valence electrons. The van der Waals surface area contributed by atoms with Crippen LogP contribution in [0.3, 0.4) is 0 Å². The Hall–Kier alpha value is -2.58. The summed E-state index contributed by atoms with van der Waals surface area (Å²) in [6.45, 7) is 0.705. The lowest BCUT2D eigenvalue weighted by atomic mass is 10.2. The van der Waals surface area contributed by atoms with E-state index >= 15 is 0 Å². The molecular weight excluding hydrogens is 426 g/mol. The van der Waals surface area contributed by atoms with E-state index in [1.54, 1.807) is 72.8 Å². The third-order valence-corrected chi connectivity index (χ3v) is 6.11. The number of benzene rings is 3. The quantitative estimate of drug-likeness (QED) is 0.573. The molecule has 1 heterocycles. The zero-order valence-corrected chi connectivity index (χ0v) is 17.5. The number of halogens is 1. The molecule has 3 aromatic carbocycles. The lowest BCUT2D eigenvalue weighted by Crippen LogP contribution is -2.20. The zero-order valence-electron chi connectivity index (χ0n) is 15.9. The molecule has 0 unspecified atom stereocenters. The summed E-state index contributed by atoms with van der Waals surface area (Å²) in [5.41, 5.74) is 1.15. The first-order valence-electron chi connectivity index (χ1n) is 9.33. The van der Waals surface area contributed by atoms with E-state index < -0.39 is 16.3 Å². The molecule has 1 fully saturated rings. The van der Waals surface area contributed by atoms with Crippen molar-refractivity contribution in [3.05, 3.63) is 89.4 Å². The Balaban J connectivity index is 1.37. The lowest BCUT2D eigenvalue weighted by Gasteiger charge is -2.14. The SMILES string of the molecule is O=S(=O)(Nc1cccc([C@H]2OC[C@@H](COc3ccc(Cl)cc3)O2)c1)c1ccccc1.